The zero-order valence-electron chi connectivity index (χ0n) is 40.3. The smallest absolute Gasteiger partial charge is 0.872 e. The first-order valence-corrected chi connectivity index (χ1v) is 29.3. The van der Waals surface area contributed by atoms with Gasteiger partial charge in [0.25, 0.3) is 0 Å². The van der Waals surface area contributed by atoms with Crippen molar-refractivity contribution < 1.29 is 5.11 Å². The van der Waals surface area contributed by atoms with E-state index < -0.39 is 21.9 Å². The van der Waals surface area contributed by atoms with E-state index in [0.29, 0.717) is 11.1 Å². The van der Waals surface area contributed by atoms with E-state index in [1.807, 2.05) is 24.3 Å². The van der Waals surface area contributed by atoms with Crippen molar-refractivity contribution >= 4 is 78.7 Å². The molecule has 0 aliphatic rings. The van der Waals surface area contributed by atoms with E-state index in [1.54, 1.807) is 6.21 Å². The molecule has 8 aromatic rings. The van der Waals surface area contributed by atoms with Crippen LogP contribution >= 0.6 is 0 Å². The SMILES string of the molecule is CN(C)c1ccc2ccccc2c1-c1c(N=Cc2cc(C(C)(C)C)cc(C(c3ccccc3)(c3ccccc3)c3ccccc3)c2[O-])ccc2ccccc12.C[Si](C)(C)[N-][Si](C)(C)C.[Mg+2]. The number of aliphatic imine (C=N–C) groups is 1. The normalized spacial score (nSPS) is 12.2. The van der Waals surface area contributed by atoms with E-state index in [4.69, 9.17) is 9.64 Å². The molecule has 4 nitrogen and oxygen atoms in total. The number of benzene rings is 8. The van der Waals surface area contributed by atoms with Gasteiger partial charge in [0.05, 0.1) is 11.1 Å². The van der Waals surface area contributed by atoms with Crippen molar-refractivity contribution in [2.24, 2.45) is 4.99 Å². The van der Waals surface area contributed by atoms with Crippen molar-refractivity contribution in [3.05, 3.63) is 214 Å². The minimum atomic E-state index is -1.11. The molecule has 7 heteroatoms. The van der Waals surface area contributed by atoms with Crippen LogP contribution in [0.25, 0.3) is 37.3 Å². The summed E-state index contributed by atoms with van der Waals surface area (Å²) in [7, 11) is 1.96. The van der Waals surface area contributed by atoms with Gasteiger partial charge in [-0.3, -0.25) is 4.99 Å². The van der Waals surface area contributed by atoms with Gasteiger partial charge in [-0.05, 0) is 72.5 Å². The van der Waals surface area contributed by atoms with E-state index in [1.165, 1.54) is 0 Å². The summed E-state index contributed by atoms with van der Waals surface area (Å²) in [6, 6.07) is 61.2. The molecule has 0 radical (unpaired) electrons. The predicted octanol–water partition coefficient (Wildman–Crippen LogP) is 14.9. The zero-order valence-corrected chi connectivity index (χ0v) is 43.7. The second-order valence-electron chi connectivity index (χ2n) is 20.0. The maximum atomic E-state index is 15.4. The number of fused-ring (bicyclic) bond motifs is 2. The summed E-state index contributed by atoms with van der Waals surface area (Å²) >= 11 is 0. The van der Waals surface area contributed by atoms with Crippen LogP contribution in [0.3, 0.4) is 0 Å². The van der Waals surface area contributed by atoms with Crippen molar-refractivity contribution in [1.82, 2.24) is 0 Å². The summed E-state index contributed by atoms with van der Waals surface area (Å²) in [5.41, 5.74) is 8.35. The Morgan fingerprint density at radius 2 is 0.954 bits per heavy atom. The molecule has 0 atom stereocenters. The fourth-order valence-corrected chi connectivity index (χ4v) is 17.2. The summed E-state index contributed by atoms with van der Waals surface area (Å²) in [5, 5.41) is 20.0. The van der Waals surface area contributed by atoms with Crippen molar-refractivity contribution in [1.29, 1.82) is 0 Å². The average Bonchev–Trinajstić information content (AvgIpc) is 3.26. The van der Waals surface area contributed by atoms with E-state index in [-0.39, 0.29) is 34.2 Å². The van der Waals surface area contributed by atoms with Crippen LogP contribution in [-0.2, 0) is 10.8 Å². The van der Waals surface area contributed by atoms with Crippen molar-refractivity contribution in [3.8, 4) is 16.9 Å². The summed E-state index contributed by atoms with van der Waals surface area (Å²) < 4.78 is 4.82. The van der Waals surface area contributed by atoms with Crippen molar-refractivity contribution in [2.75, 3.05) is 19.0 Å². The first-order valence-electron chi connectivity index (χ1n) is 22.4. The Morgan fingerprint density at radius 1 is 0.523 bits per heavy atom. The molecule has 0 aliphatic carbocycles. The van der Waals surface area contributed by atoms with E-state index in [0.717, 1.165) is 66.3 Å². The maximum absolute atomic E-state index is 15.4. The monoisotopic (exact) mass is 897 g/mol. The molecular formula is C58H63MgN3OSi2. The molecule has 0 bridgehead atoms. The molecule has 65 heavy (non-hydrogen) atoms. The number of hydrogen-bond donors (Lipinski definition) is 0. The van der Waals surface area contributed by atoms with Gasteiger partial charge in [0.1, 0.15) is 0 Å². The van der Waals surface area contributed by atoms with E-state index in [2.05, 4.69) is 231 Å². The van der Waals surface area contributed by atoms with Gasteiger partial charge in [-0.2, -0.15) is 0 Å². The Bertz CT molecular complexity index is 2790. The topological polar surface area (TPSA) is 52.8 Å². The van der Waals surface area contributed by atoms with Crippen molar-refractivity contribution in [2.45, 2.75) is 70.9 Å². The Kier molecular flexibility index (Phi) is 15.2. The van der Waals surface area contributed by atoms with Gasteiger partial charge in [-0.25, -0.2) is 0 Å². The largest absolute Gasteiger partial charge is 2.00 e. The molecule has 0 N–H and O–H groups in total. The van der Waals surface area contributed by atoms with E-state index >= 15 is 5.11 Å². The first-order chi connectivity index (χ1) is 30.4. The summed E-state index contributed by atoms with van der Waals surface area (Å²) in [5.74, 6) is -0.0465. The van der Waals surface area contributed by atoms with Gasteiger partial charge in [-0.1, -0.05) is 246 Å². The van der Waals surface area contributed by atoms with Crippen LogP contribution < -0.4 is 10.0 Å². The van der Waals surface area contributed by atoms with Gasteiger partial charge in [0.15, 0.2) is 0 Å². The number of nitrogens with zero attached hydrogens (tertiary/aromatic N) is 3. The fourth-order valence-electron chi connectivity index (χ4n) is 9.16. The Labute approximate surface area is 406 Å². The molecule has 8 rings (SSSR count). The zero-order chi connectivity index (χ0) is 45.9. The third kappa shape index (κ3) is 10.9. The fraction of sp³-hybridized carbons (Fsp3) is 0.224. The minimum absolute atomic E-state index is 0. The molecule has 0 saturated heterocycles. The molecule has 0 heterocycles. The Morgan fingerprint density at radius 3 is 1.38 bits per heavy atom. The van der Waals surface area contributed by atoms with Crippen LogP contribution in [0, 0.1) is 0 Å². The first kappa shape index (κ1) is 49.2. The molecule has 8 aromatic carbocycles. The Balaban J connectivity index is 0.000000634. The number of rotatable bonds is 10. The molecule has 0 amide bonds. The second kappa shape index (κ2) is 20.1. The van der Waals surface area contributed by atoms with E-state index in [9.17, 15) is 0 Å². The summed E-state index contributed by atoms with van der Waals surface area (Å²) in [6.45, 7) is 20.4. The molecule has 0 aliphatic heterocycles. The third-order valence-electron chi connectivity index (χ3n) is 11.6. The summed E-state index contributed by atoms with van der Waals surface area (Å²) in [6.07, 6.45) is 1.81. The quantitative estimate of drug-likeness (QED) is 0.0780. The number of anilines is 1. The standard InChI is InChI=1S/C52H46N2O.C6H18NSi2.Mg/c1-51(2,3)42-33-38(50(55)45(34-42)52(39-21-9-6-10-22-39,40-23-11-7-12-24-40)41-25-13-8-14-26-41)35-53-46-31-29-36-19-15-17-27-43(36)48(46)49-44-28-18-16-20-37(44)30-32-47(49)54(4)5;1-8(2,3)7-9(4,5)6;/h6-35,55H,1-5H3;1-6H3;/q;-1;+2/p-1. The average molecular weight is 899 g/mol. The molecule has 0 unspecified atom stereocenters. The van der Waals surface area contributed by atoms with Gasteiger partial charge in [0.2, 0.25) is 0 Å². The Hall–Kier alpha value is -5.29. The van der Waals surface area contributed by atoms with Crippen LogP contribution in [0.1, 0.15) is 54.2 Å². The van der Waals surface area contributed by atoms with Crippen LogP contribution in [0.5, 0.6) is 5.75 Å². The predicted molar refractivity (Wildman–Crippen MR) is 287 cm³/mol. The van der Waals surface area contributed by atoms with Gasteiger partial charge < -0.3 is 14.7 Å². The van der Waals surface area contributed by atoms with Crippen molar-refractivity contribution in [3.63, 3.8) is 0 Å². The number of hydrogen-bond acceptors (Lipinski definition) is 3. The molecular weight excluding hydrogens is 835 g/mol. The molecule has 0 fully saturated rings. The van der Waals surface area contributed by atoms with Gasteiger partial charge in [0, 0.05) is 37.1 Å². The van der Waals surface area contributed by atoms with Gasteiger partial charge >= 0.3 is 23.1 Å². The molecule has 0 aromatic heterocycles. The minimum Gasteiger partial charge on any atom is -0.872 e. The van der Waals surface area contributed by atoms with Crippen LogP contribution in [0.2, 0.25) is 39.3 Å². The summed E-state index contributed by atoms with van der Waals surface area (Å²) in [4.78, 5) is 7.46. The second-order valence-corrected chi connectivity index (χ2v) is 29.6. The van der Waals surface area contributed by atoms with Gasteiger partial charge in [-0.15, -0.1) is 0 Å². The maximum Gasteiger partial charge on any atom is 2.00 e. The molecule has 326 valence electrons. The third-order valence-corrected chi connectivity index (χ3v) is 16.9. The van der Waals surface area contributed by atoms with Crippen LogP contribution in [0.4, 0.5) is 11.4 Å². The molecule has 0 spiro atoms. The van der Waals surface area contributed by atoms with Crippen LogP contribution in [0.15, 0.2) is 181 Å². The molecule has 0 saturated carbocycles. The van der Waals surface area contributed by atoms with Crippen LogP contribution in [-0.4, -0.2) is 59.8 Å².